The van der Waals surface area contributed by atoms with Crippen molar-refractivity contribution in [2.45, 2.75) is 25.3 Å². The zero-order chi connectivity index (χ0) is 14.9. The van der Waals surface area contributed by atoms with Crippen LogP contribution in [0.4, 0.5) is 11.4 Å². The standard InChI is InChI=1S/C13H13N3O4/c1-13(12(17)18,9-3-4-9)15-10-5-2-8(7-14)11(6-10)16(19)20/h2,5-6,9,15H,3-4H2,1H3,(H,17,18). The normalized spacial score (nSPS) is 16.8. The third kappa shape index (κ3) is 2.40. The summed E-state index contributed by atoms with van der Waals surface area (Å²) in [6.07, 6.45) is 1.63. The predicted molar refractivity (Wildman–Crippen MR) is 70.2 cm³/mol. The van der Waals surface area contributed by atoms with Crippen LogP contribution in [0.25, 0.3) is 0 Å². The largest absolute Gasteiger partial charge is 0.480 e. The molecule has 0 heterocycles. The third-order valence-corrected chi connectivity index (χ3v) is 3.56. The summed E-state index contributed by atoms with van der Waals surface area (Å²) in [5.74, 6) is -0.985. The van der Waals surface area contributed by atoms with Gasteiger partial charge in [0.2, 0.25) is 0 Å². The maximum atomic E-state index is 11.4. The van der Waals surface area contributed by atoms with Crippen molar-refractivity contribution in [3.8, 4) is 6.07 Å². The van der Waals surface area contributed by atoms with E-state index < -0.39 is 16.4 Å². The Labute approximate surface area is 115 Å². The lowest BCUT2D eigenvalue weighted by Gasteiger charge is -2.27. The molecule has 1 aromatic rings. The van der Waals surface area contributed by atoms with Crippen molar-refractivity contribution in [3.63, 3.8) is 0 Å². The van der Waals surface area contributed by atoms with Crippen LogP contribution >= 0.6 is 0 Å². The molecule has 1 saturated carbocycles. The Morgan fingerprint density at radius 1 is 1.60 bits per heavy atom. The first kappa shape index (κ1) is 13.8. The Morgan fingerprint density at radius 3 is 2.70 bits per heavy atom. The number of carbonyl (C=O) groups is 1. The molecule has 104 valence electrons. The predicted octanol–water partition coefficient (Wildman–Crippen LogP) is 2.13. The van der Waals surface area contributed by atoms with Crippen molar-refractivity contribution < 1.29 is 14.8 Å². The summed E-state index contributed by atoms with van der Waals surface area (Å²) in [4.78, 5) is 21.6. The van der Waals surface area contributed by atoms with Crippen LogP contribution in [0.2, 0.25) is 0 Å². The van der Waals surface area contributed by atoms with E-state index in [-0.39, 0.29) is 17.2 Å². The van der Waals surface area contributed by atoms with Gasteiger partial charge in [-0.1, -0.05) is 0 Å². The lowest BCUT2D eigenvalue weighted by Crippen LogP contribution is -2.45. The van der Waals surface area contributed by atoms with Gasteiger partial charge in [-0.2, -0.15) is 5.26 Å². The van der Waals surface area contributed by atoms with Gasteiger partial charge in [0.1, 0.15) is 17.2 Å². The van der Waals surface area contributed by atoms with Crippen LogP contribution in [0.15, 0.2) is 18.2 Å². The number of carboxylic acids is 1. The first-order chi connectivity index (χ1) is 9.38. The molecule has 1 atom stereocenters. The van der Waals surface area contributed by atoms with Crippen LogP contribution in [-0.4, -0.2) is 21.5 Å². The maximum Gasteiger partial charge on any atom is 0.329 e. The molecule has 7 nitrogen and oxygen atoms in total. The molecule has 1 aromatic carbocycles. The molecular formula is C13H13N3O4. The minimum atomic E-state index is -1.15. The number of aliphatic carboxylic acids is 1. The number of hydrogen-bond acceptors (Lipinski definition) is 5. The van der Waals surface area contributed by atoms with Crippen LogP contribution in [0.5, 0.6) is 0 Å². The summed E-state index contributed by atoms with van der Waals surface area (Å²) >= 11 is 0. The van der Waals surface area contributed by atoms with Crippen LogP contribution in [0.1, 0.15) is 25.3 Å². The first-order valence-corrected chi connectivity index (χ1v) is 6.08. The van der Waals surface area contributed by atoms with Gasteiger partial charge in [0.25, 0.3) is 5.69 Å². The van der Waals surface area contributed by atoms with Gasteiger partial charge in [0, 0.05) is 11.8 Å². The number of anilines is 1. The molecule has 0 radical (unpaired) electrons. The van der Waals surface area contributed by atoms with E-state index in [0.29, 0.717) is 5.69 Å². The molecule has 1 fully saturated rings. The Balaban J connectivity index is 2.34. The van der Waals surface area contributed by atoms with Crippen molar-refractivity contribution in [2.24, 2.45) is 5.92 Å². The SMILES string of the molecule is CC(Nc1ccc(C#N)c([N+](=O)[O-])c1)(C(=O)O)C1CC1. The van der Waals surface area contributed by atoms with Crippen molar-refractivity contribution in [1.82, 2.24) is 0 Å². The molecule has 1 unspecified atom stereocenters. The highest BCUT2D eigenvalue weighted by Gasteiger charge is 2.47. The second-order valence-corrected chi connectivity index (χ2v) is 5.01. The van der Waals surface area contributed by atoms with E-state index in [1.54, 1.807) is 13.0 Å². The highest BCUT2D eigenvalue weighted by atomic mass is 16.6. The summed E-state index contributed by atoms with van der Waals surface area (Å²) < 4.78 is 0. The fraction of sp³-hybridized carbons (Fsp3) is 0.385. The summed E-state index contributed by atoms with van der Waals surface area (Å²) in [6.45, 7) is 1.57. The maximum absolute atomic E-state index is 11.4. The van der Waals surface area contributed by atoms with Gasteiger partial charge in [0.05, 0.1) is 4.92 Å². The molecule has 0 amide bonds. The van der Waals surface area contributed by atoms with E-state index in [4.69, 9.17) is 5.26 Å². The molecule has 7 heteroatoms. The average Bonchev–Trinajstić information content (AvgIpc) is 3.22. The van der Waals surface area contributed by atoms with E-state index in [9.17, 15) is 20.0 Å². The van der Waals surface area contributed by atoms with Crippen LogP contribution < -0.4 is 5.32 Å². The molecular weight excluding hydrogens is 262 g/mol. The number of carboxylic acid groups (broad SMARTS) is 1. The van der Waals surface area contributed by atoms with Crippen molar-refractivity contribution >= 4 is 17.3 Å². The van der Waals surface area contributed by atoms with E-state index in [2.05, 4.69) is 5.32 Å². The summed E-state index contributed by atoms with van der Waals surface area (Å²) in [5.41, 5.74) is -1.21. The minimum Gasteiger partial charge on any atom is -0.480 e. The topological polar surface area (TPSA) is 116 Å². The lowest BCUT2D eigenvalue weighted by molar-refractivity contribution is -0.385. The van der Waals surface area contributed by atoms with Gasteiger partial charge in [-0.3, -0.25) is 10.1 Å². The molecule has 1 aliphatic carbocycles. The number of rotatable bonds is 5. The fourth-order valence-electron chi connectivity index (χ4n) is 2.15. The van der Waals surface area contributed by atoms with E-state index in [0.717, 1.165) is 12.8 Å². The highest BCUT2D eigenvalue weighted by molar-refractivity contribution is 5.83. The second-order valence-electron chi connectivity index (χ2n) is 5.01. The number of benzene rings is 1. The lowest BCUT2D eigenvalue weighted by atomic mass is 9.95. The molecule has 20 heavy (non-hydrogen) atoms. The molecule has 0 spiro atoms. The summed E-state index contributed by atoms with van der Waals surface area (Å²) in [6, 6.07) is 5.73. The minimum absolute atomic E-state index is 0.00898. The van der Waals surface area contributed by atoms with Gasteiger partial charge in [-0.15, -0.1) is 0 Å². The quantitative estimate of drug-likeness (QED) is 0.628. The van der Waals surface area contributed by atoms with E-state index in [1.807, 2.05) is 0 Å². The molecule has 0 saturated heterocycles. The molecule has 2 N–H and O–H groups in total. The number of nitrogens with one attached hydrogen (secondary N) is 1. The molecule has 0 bridgehead atoms. The van der Waals surface area contributed by atoms with Crippen LogP contribution in [-0.2, 0) is 4.79 Å². The Kier molecular flexibility index (Phi) is 3.32. The fourth-order valence-corrected chi connectivity index (χ4v) is 2.15. The summed E-state index contributed by atoms with van der Waals surface area (Å²) in [5, 5.41) is 31.9. The molecule has 0 aliphatic heterocycles. The van der Waals surface area contributed by atoms with Crippen molar-refractivity contribution in [2.75, 3.05) is 5.32 Å². The zero-order valence-electron chi connectivity index (χ0n) is 10.8. The first-order valence-electron chi connectivity index (χ1n) is 6.08. The number of nitro benzene ring substituents is 1. The van der Waals surface area contributed by atoms with Crippen LogP contribution in [0.3, 0.4) is 0 Å². The van der Waals surface area contributed by atoms with Crippen LogP contribution in [0, 0.1) is 27.4 Å². The van der Waals surface area contributed by atoms with E-state index >= 15 is 0 Å². The van der Waals surface area contributed by atoms with Gasteiger partial charge >= 0.3 is 5.97 Å². The number of nitriles is 1. The Morgan fingerprint density at radius 2 is 2.25 bits per heavy atom. The van der Waals surface area contributed by atoms with Gasteiger partial charge in [0.15, 0.2) is 0 Å². The average molecular weight is 275 g/mol. The monoisotopic (exact) mass is 275 g/mol. The highest BCUT2D eigenvalue weighted by Crippen LogP contribution is 2.42. The van der Waals surface area contributed by atoms with E-state index in [1.165, 1.54) is 18.2 Å². The van der Waals surface area contributed by atoms with Gasteiger partial charge < -0.3 is 10.4 Å². The van der Waals surface area contributed by atoms with Gasteiger partial charge in [-0.05, 0) is 37.8 Å². The number of nitrogens with zero attached hydrogens (tertiary/aromatic N) is 2. The molecule has 1 aliphatic rings. The number of nitro groups is 1. The Hall–Kier alpha value is -2.62. The van der Waals surface area contributed by atoms with Gasteiger partial charge in [-0.25, -0.2) is 4.79 Å². The molecule has 0 aromatic heterocycles. The third-order valence-electron chi connectivity index (χ3n) is 3.56. The smallest absolute Gasteiger partial charge is 0.329 e. The second kappa shape index (κ2) is 4.81. The Bertz CT molecular complexity index is 619. The number of hydrogen-bond donors (Lipinski definition) is 2. The zero-order valence-corrected chi connectivity index (χ0v) is 10.8. The summed E-state index contributed by atoms with van der Waals surface area (Å²) in [7, 11) is 0. The van der Waals surface area contributed by atoms with Crippen molar-refractivity contribution in [3.05, 3.63) is 33.9 Å². The molecule has 2 rings (SSSR count). The van der Waals surface area contributed by atoms with Crippen molar-refractivity contribution in [1.29, 1.82) is 5.26 Å².